The van der Waals surface area contributed by atoms with Crippen LogP contribution in [0.3, 0.4) is 0 Å². The molecule has 144 valence electrons. The summed E-state index contributed by atoms with van der Waals surface area (Å²) >= 11 is 0. The first-order chi connectivity index (χ1) is 12.2. The third-order valence-corrected chi connectivity index (χ3v) is 3.42. The van der Waals surface area contributed by atoms with E-state index in [9.17, 15) is 4.79 Å². The molecule has 0 atom stereocenters. The third kappa shape index (κ3) is 6.79. The molecule has 0 aliphatic rings. The van der Waals surface area contributed by atoms with Gasteiger partial charge in [0.15, 0.2) is 11.5 Å². The van der Waals surface area contributed by atoms with Crippen molar-refractivity contribution < 1.29 is 14.3 Å². The smallest absolute Gasteiger partial charge is 0.229 e. The van der Waals surface area contributed by atoms with Crippen LogP contribution in [0.4, 0.5) is 0 Å². The van der Waals surface area contributed by atoms with Gasteiger partial charge in [-0.25, -0.2) is 0 Å². The molecule has 0 spiro atoms. The van der Waals surface area contributed by atoms with Gasteiger partial charge in [0.05, 0.1) is 14.2 Å². The number of nitrogens with one attached hydrogen (secondary N) is 1. The Kier molecular flexibility index (Phi) is 10.1. The Labute approximate surface area is 158 Å². The highest BCUT2D eigenvalue weighted by molar-refractivity contribution is 5.89. The van der Waals surface area contributed by atoms with E-state index in [2.05, 4.69) is 11.9 Å². The Bertz CT molecular complexity index is 664. The van der Waals surface area contributed by atoms with Gasteiger partial charge in [0.1, 0.15) is 0 Å². The minimum Gasteiger partial charge on any atom is -0.493 e. The zero-order chi connectivity index (χ0) is 20.3. The van der Waals surface area contributed by atoms with Gasteiger partial charge in [-0.1, -0.05) is 65.5 Å². The SMILES string of the molecule is C=C(NC(=O)C(C)(C)C)/C(=C\C=C/C)c1ccc(OC)c(OC)c1.CC. The molecule has 0 fully saturated rings. The van der Waals surface area contributed by atoms with Gasteiger partial charge in [-0.15, -0.1) is 0 Å². The first-order valence-corrected chi connectivity index (χ1v) is 8.80. The summed E-state index contributed by atoms with van der Waals surface area (Å²) in [5, 5.41) is 2.89. The molecule has 0 radical (unpaired) electrons. The van der Waals surface area contributed by atoms with Crippen LogP contribution in [-0.4, -0.2) is 20.1 Å². The molecule has 1 aromatic rings. The molecule has 4 nitrogen and oxygen atoms in total. The van der Waals surface area contributed by atoms with Crippen molar-refractivity contribution >= 4 is 11.5 Å². The molecule has 1 amide bonds. The van der Waals surface area contributed by atoms with E-state index in [1.807, 2.05) is 78.0 Å². The van der Waals surface area contributed by atoms with Crippen LogP contribution >= 0.6 is 0 Å². The second kappa shape index (κ2) is 11.2. The Hall–Kier alpha value is -2.49. The van der Waals surface area contributed by atoms with Gasteiger partial charge in [0.2, 0.25) is 5.91 Å². The van der Waals surface area contributed by atoms with E-state index in [1.54, 1.807) is 14.2 Å². The van der Waals surface area contributed by atoms with Gasteiger partial charge in [-0.3, -0.25) is 4.79 Å². The van der Waals surface area contributed by atoms with E-state index < -0.39 is 5.41 Å². The average Bonchev–Trinajstić information content (AvgIpc) is 2.62. The predicted molar refractivity (Wildman–Crippen MR) is 110 cm³/mol. The number of carbonyl (C=O) groups excluding carboxylic acids is 1. The lowest BCUT2D eigenvalue weighted by Crippen LogP contribution is -2.34. The van der Waals surface area contributed by atoms with Crippen molar-refractivity contribution in [3.63, 3.8) is 0 Å². The van der Waals surface area contributed by atoms with Crippen LogP contribution in [0, 0.1) is 5.41 Å². The van der Waals surface area contributed by atoms with E-state index in [4.69, 9.17) is 9.47 Å². The van der Waals surface area contributed by atoms with Crippen LogP contribution in [0.25, 0.3) is 5.57 Å². The van der Waals surface area contributed by atoms with Crippen LogP contribution in [0.5, 0.6) is 11.5 Å². The van der Waals surface area contributed by atoms with Crippen LogP contribution < -0.4 is 14.8 Å². The molecular formula is C22H33NO3. The summed E-state index contributed by atoms with van der Waals surface area (Å²) in [4.78, 5) is 12.2. The first-order valence-electron chi connectivity index (χ1n) is 8.80. The fourth-order valence-electron chi connectivity index (χ4n) is 1.96. The van der Waals surface area contributed by atoms with E-state index in [1.165, 1.54) is 0 Å². The maximum absolute atomic E-state index is 12.2. The molecule has 1 rings (SSSR count). The number of ether oxygens (including phenoxy) is 2. The molecule has 0 aromatic heterocycles. The summed E-state index contributed by atoms with van der Waals surface area (Å²) in [6.45, 7) is 15.5. The number of benzene rings is 1. The monoisotopic (exact) mass is 359 g/mol. The van der Waals surface area contributed by atoms with Crippen molar-refractivity contribution in [2.45, 2.75) is 41.5 Å². The topological polar surface area (TPSA) is 47.6 Å². The maximum atomic E-state index is 12.2. The number of methoxy groups -OCH3 is 2. The van der Waals surface area contributed by atoms with Gasteiger partial charge in [0, 0.05) is 16.7 Å². The fraction of sp³-hybridized carbons (Fsp3) is 0.409. The quantitative estimate of drug-likeness (QED) is 0.695. The lowest BCUT2D eigenvalue weighted by atomic mass is 9.94. The van der Waals surface area contributed by atoms with Crippen molar-refractivity contribution in [1.82, 2.24) is 5.32 Å². The second-order valence-corrected chi connectivity index (χ2v) is 6.36. The second-order valence-electron chi connectivity index (χ2n) is 6.36. The Morgan fingerprint density at radius 1 is 1.12 bits per heavy atom. The minimum atomic E-state index is -0.494. The number of allylic oxidation sites excluding steroid dienone is 4. The molecule has 1 N–H and O–H groups in total. The van der Waals surface area contributed by atoms with Gasteiger partial charge in [-0.05, 0) is 24.6 Å². The number of hydrogen-bond donors (Lipinski definition) is 1. The summed E-state index contributed by atoms with van der Waals surface area (Å²) in [7, 11) is 3.18. The summed E-state index contributed by atoms with van der Waals surface area (Å²) in [6, 6.07) is 5.60. The van der Waals surface area contributed by atoms with Crippen molar-refractivity contribution in [2.75, 3.05) is 14.2 Å². The number of carbonyl (C=O) groups is 1. The summed E-state index contributed by atoms with van der Waals surface area (Å²) < 4.78 is 10.6. The highest BCUT2D eigenvalue weighted by Gasteiger charge is 2.22. The molecule has 0 saturated carbocycles. The molecule has 0 unspecified atom stereocenters. The average molecular weight is 360 g/mol. The van der Waals surface area contributed by atoms with Crippen molar-refractivity contribution in [1.29, 1.82) is 0 Å². The van der Waals surface area contributed by atoms with Crippen LogP contribution in [0.15, 0.2) is 48.7 Å². The van der Waals surface area contributed by atoms with Crippen LogP contribution in [-0.2, 0) is 4.79 Å². The van der Waals surface area contributed by atoms with Gasteiger partial charge >= 0.3 is 0 Å². The molecule has 4 heteroatoms. The highest BCUT2D eigenvalue weighted by atomic mass is 16.5. The van der Waals surface area contributed by atoms with E-state index in [0.29, 0.717) is 17.2 Å². The Balaban J connectivity index is 0.00000301. The molecule has 1 aromatic carbocycles. The fourth-order valence-corrected chi connectivity index (χ4v) is 1.96. The van der Waals surface area contributed by atoms with E-state index >= 15 is 0 Å². The lowest BCUT2D eigenvalue weighted by Gasteiger charge is -2.20. The summed E-state index contributed by atoms with van der Waals surface area (Å²) in [5.41, 5.74) is 1.74. The van der Waals surface area contributed by atoms with Crippen molar-refractivity contribution in [3.8, 4) is 11.5 Å². The zero-order valence-electron chi connectivity index (χ0n) is 17.4. The van der Waals surface area contributed by atoms with E-state index in [-0.39, 0.29) is 5.91 Å². The maximum Gasteiger partial charge on any atom is 0.229 e. The van der Waals surface area contributed by atoms with Crippen molar-refractivity contribution in [3.05, 3.63) is 54.3 Å². The van der Waals surface area contributed by atoms with Crippen LogP contribution in [0.1, 0.15) is 47.1 Å². The Morgan fingerprint density at radius 2 is 1.69 bits per heavy atom. The zero-order valence-corrected chi connectivity index (χ0v) is 17.4. The third-order valence-electron chi connectivity index (χ3n) is 3.42. The van der Waals surface area contributed by atoms with Crippen molar-refractivity contribution in [2.24, 2.45) is 5.41 Å². The van der Waals surface area contributed by atoms with Crippen LogP contribution in [0.2, 0.25) is 0 Å². The molecule has 0 aliphatic carbocycles. The normalized spacial score (nSPS) is 11.5. The molecule has 0 saturated heterocycles. The molecular weight excluding hydrogens is 326 g/mol. The highest BCUT2D eigenvalue weighted by Crippen LogP contribution is 2.32. The minimum absolute atomic E-state index is 0.0839. The number of rotatable bonds is 6. The summed E-state index contributed by atoms with van der Waals surface area (Å²) in [5.74, 6) is 1.19. The lowest BCUT2D eigenvalue weighted by molar-refractivity contribution is -0.127. The molecule has 0 bridgehead atoms. The number of amides is 1. The molecule has 26 heavy (non-hydrogen) atoms. The van der Waals surface area contributed by atoms with Gasteiger partial charge in [-0.2, -0.15) is 0 Å². The molecule has 0 aliphatic heterocycles. The largest absolute Gasteiger partial charge is 0.493 e. The standard InChI is InChI=1S/C20H27NO3.C2H6/c1-8-9-10-16(14(2)21-19(22)20(3,4)5)15-11-12-17(23-6)18(13-15)24-7;1-2/h8-13H,2H2,1,3-7H3,(H,21,22);1-2H3/b9-8-,16-10+;. The Morgan fingerprint density at radius 3 is 2.15 bits per heavy atom. The predicted octanol–water partition coefficient (Wildman–Crippen LogP) is 5.37. The first kappa shape index (κ1) is 23.5. The van der Waals surface area contributed by atoms with Gasteiger partial charge < -0.3 is 14.8 Å². The summed E-state index contributed by atoms with van der Waals surface area (Å²) in [6.07, 6.45) is 5.73. The van der Waals surface area contributed by atoms with E-state index in [0.717, 1.165) is 11.1 Å². The number of hydrogen-bond acceptors (Lipinski definition) is 3. The van der Waals surface area contributed by atoms with Gasteiger partial charge in [0.25, 0.3) is 0 Å². The molecule has 0 heterocycles.